The zero-order valence-corrected chi connectivity index (χ0v) is 38.7. The third-order valence-corrected chi connectivity index (χ3v) is 9.80. The number of carbonyl (C=O) groups excluding carboxylic acids is 3. The van der Waals surface area contributed by atoms with Crippen molar-refractivity contribution in [2.75, 3.05) is 13.2 Å². The number of rotatable bonds is 42. The van der Waals surface area contributed by atoms with Crippen molar-refractivity contribution in [3.63, 3.8) is 0 Å². The van der Waals surface area contributed by atoms with Crippen molar-refractivity contribution in [3.05, 3.63) is 97.2 Å². The average molecular weight is 833 g/mol. The molecular formula is C54H88O6. The molecule has 0 saturated carbocycles. The molecule has 0 aromatic heterocycles. The third kappa shape index (κ3) is 45.4. The standard InChI is InChI=1S/C54H88O6/c1-4-7-10-13-16-19-22-24-25-26-27-28-29-30-33-35-38-41-44-47-53(56)59-50-51(49-58-52(55)46-43-40-37-34-31-21-18-15-12-9-6-3)60-54(57)48-45-42-39-36-32-23-20-17-14-11-8-5-2/h7-8,10-11,15-20,24-25,27-28,30,33,51H,4-6,9,12-14,21-23,26,29,31-32,34-50H2,1-3H3/b10-7-,11-8-,18-15-,19-16-,20-17-,25-24-,28-27-,33-30-. The highest BCUT2D eigenvalue weighted by Crippen LogP contribution is 2.12. The number of hydrogen-bond donors (Lipinski definition) is 0. The van der Waals surface area contributed by atoms with Gasteiger partial charge in [-0.3, -0.25) is 14.4 Å². The van der Waals surface area contributed by atoms with E-state index in [0.717, 1.165) is 141 Å². The second-order valence-electron chi connectivity index (χ2n) is 15.6. The Balaban J connectivity index is 4.45. The average Bonchev–Trinajstić information content (AvgIpc) is 3.24. The minimum absolute atomic E-state index is 0.1000. The highest BCUT2D eigenvalue weighted by atomic mass is 16.6. The summed E-state index contributed by atoms with van der Waals surface area (Å²) in [6.45, 7) is 6.30. The third-order valence-electron chi connectivity index (χ3n) is 9.80. The maximum absolute atomic E-state index is 12.7. The van der Waals surface area contributed by atoms with E-state index in [1.54, 1.807) is 0 Å². The van der Waals surface area contributed by atoms with E-state index in [1.807, 2.05) is 0 Å². The fourth-order valence-electron chi connectivity index (χ4n) is 6.19. The van der Waals surface area contributed by atoms with Crippen molar-refractivity contribution in [3.8, 4) is 0 Å². The summed E-state index contributed by atoms with van der Waals surface area (Å²) in [6, 6.07) is 0. The summed E-state index contributed by atoms with van der Waals surface area (Å²) in [5.41, 5.74) is 0. The molecule has 6 nitrogen and oxygen atoms in total. The van der Waals surface area contributed by atoms with Crippen LogP contribution in [0.4, 0.5) is 0 Å². The Bertz CT molecular complexity index is 1230. The summed E-state index contributed by atoms with van der Waals surface area (Å²) in [7, 11) is 0. The second kappa shape index (κ2) is 48.0. The molecule has 0 aliphatic heterocycles. The van der Waals surface area contributed by atoms with Gasteiger partial charge in [-0.05, 0) is 109 Å². The Hall–Kier alpha value is -3.67. The van der Waals surface area contributed by atoms with Crippen molar-refractivity contribution < 1.29 is 28.6 Å². The Morgan fingerprint density at radius 3 is 1.05 bits per heavy atom. The molecule has 1 unspecified atom stereocenters. The fourth-order valence-corrected chi connectivity index (χ4v) is 6.19. The van der Waals surface area contributed by atoms with Crippen LogP contribution in [0.25, 0.3) is 0 Å². The van der Waals surface area contributed by atoms with Crippen LogP contribution in [-0.4, -0.2) is 37.2 Å². The van der Waals surface area contributed by atoms with Gasteiger partial charge in [-0.2, -0.15) is 0 Å². The molecule has 340 valence electrons. The molecule has 0 aromatic carbocycles. The van der Waals surface area contributed by atoms with Gasteiger partial charge in [0.05, 0.1) is 0 Å². The smallest absolute Gasteiger partial charge is 0.306 e. The highest BCUT2D eigenvalue weighted by Gasteiger charge is 2.19. The van der Waals surface area contributed by atoms with Gasteiger partial charge in [-0.15, -0.1) is 0 Å². The van der Waals surface area contributed by atoms with Gasteiger partial charge in [-0.1, -0.05) is 176 Å². The molecule has 0 saturated heterocycles. The van der Waals surface area contributed by atoms with E-state index in [-0.39, 0.29) is 31.1 Å². The molecule has 0 aliphatic rings. The summed E-state index contributed by atoms with van der Waals surface area (Å²) in [5.74, 6) is -0.965. The van der Waals surface area contributed by atoms with Gasteiger partial charge < -0.3 is 14.2 Å². The van der Waals surface area contributed by atoms with Crippen molar-refractivity contribution in [1.82, 2.24) is 0 Å². The second-order valence-corrected chi connectivity index (χ2v) is 15.6. The van der Waals surface area contributed by atoms with Gasteiger partial charge in [-0.25, -0.2) is 0 Å². The molecule has 0 heterocycles. The summed E-state index contributed by atoms with van der Waals surface area (Å²) < 4.78 is 16.7. The number of esters is 3. The molecule has 0 rings (SSSR count). The maximum Gasteiger partial charge on any atom is 0.306 e. The molecule has 60 heavy (non-hydrogen) atoms. The Morgan fingerprint density at radius 1 is 0.350 bits per heavy atom. The van der Waals surface area contributed by atoms with E-state index >= 15 is 0 Å². The maximum atomic E-state index is 12.7. The van der Waals surface area contributed by atoms with Crippen LogP contribution in [-0.2, 0) is 28.6 Å². The SMILES string of the molecule is CC/C=C\C/C=C\C/C=C\C/C=C\C/C=C\CCCCCC(=O)OCC(COC(=O)CCCCCCC/C=C\CCCC)OC(=O)CCCCCCC/C=C\C/C=C\CC. The van der Waals surface area contributed by atoms with Crippen molar-refractivity contribution >= 4 is 17.9 Å². The molecule has 0 aliphatic carbocycles. The number of hydrogen-bond acceptors (Lipinski definition) is 6. The van der Waals surface area contributed by atoms with E-state index in [0.29, 0.717) is 19.3 Å². The van der Waals surface area contributed by atoms with Crippen molar-refractivity contribution in [2.45, 2.75) is 213 Å². The number of ether oxygens (including phenoxy) is 3. The van der Waals surface area contributed by atoms with E-state index in [4.69, 9.17) is 14.2 Å². The van der Waals surface area contributed by atoms with Gasteiger partial charge in [0.15, 0.2) is 6.10 Å². The van der Waals surface area contributed by atoms with Crippen LogP contribution in [0, 0.1) is 0 Å². The first-order valence-electron chi connectivity index (χ1n) is 24.2. The minimum Gasteiger partial charge on any atom is -0.462 e. The molecule has 0 amide bonds. The van der Waals surface area contributed by atoms with Crippen LogP contribution < -0.4 is 0 Å². The van der Waals surface area contributed by atoms with Crippen LogP contribution in [0.3, 0.4) is 0 Å². The van der Waals surface area contributed by atoms with Crippen molar-refractivity contribution in [2.24, 2.45) is 0 Å². The topological polar surface area (TPSA) is 78.9 Å². The molecule has 0 radical (unpaired) electrons. The molecule has 0 fully saturated rings. The fraction of sp³-hybridized carbons (Fsp3) is 0.648. The lowest BCUT2D eigenvalue weighted by molar-refractivity contribution is -0.167. The van der Waals surface area contributed by atoms with Gasteiger partial charge >= 0.3 is 17.9 Å². The van der Waals surface area contributed by atoms with Crippen LogP contribution in [0.1, 0.15) is 207 Å². The normalized spacial score (nSPS) is 12.9. The first-order valence-corrected chi connectivity index (χ1v) is 24.2. The molecule has 0 N–H and O–H groups in total. The lowest BCUT2D eigenvalue weighted by Crippen LogP contribution is -2.30. The van der Waals surface area contributed by atoms with Crippen LogP contribution in [0.5, 0.6) is 0 Å². The molecule has 1 atom stereocenters. The van der Waals surface area contributed by atoms with Crippen LogP contribution in [0.15, 0.2) is 97.2 Å². The zero-order chi connectivity index (χ0) is 43.7. The highest BCUT2D eigenvalue weighted by molar-refractivity contribution is 5.71. The number of allylic oxidation sites excluding steroid dienone is 16. The van der Waals surface area contributed by atoms with E-state index < -0.39 is 6.10 Å². The minimum atomic E-state index is -0.801. The van der Waals surface area contributed by atoms with E-state index in [2.05, 4.69) is 118 Å². The Kier molecular flexibility index (Phi) is 45.1. The lowest BCUT2D eigenvalue weighted by atomic mass is 10.1. The van der Waals surface area contributed by atoms with Gasteiger partial charge in [0.1, 0.15) is 13.2 Å². The quantitative estimate of drug-likeness (QED) is 0.0264. The molecule has 6 heteroatoms. The molecular weight excluding hydrogens is 745 g/mol. The molecule has 0 aromatic rings. The summed E-state index contributed by atoms with van der Waals surface area (Å²) in [4.78, 5) is 37.8. The van der Waals surface area contributed by atoms with Crippen LogP contribution >= 0.6 is 0 Å². The predicted molar refractivity (Wildman–Crippen MR) is 256 cm³/mol. The first kappa shape index (κ1) is 56.3. The Labute approximate surface area is 368 Å². The number of carbonyl (C=O) groups is 3. The molecule has 0 spiro atoms. The monoisotopic (exact) mass is 833 g/mol. The summed E-state index contributed by atoms with van der Waals surface area (Å²) >= 11 is 0. The van der Waals surface area contributed by atoms with Crippen molar-refractivity contribution in [1.29, 1.82) is 0 Å². The summed E-state index contributed by atoms with van der Waals surface area (Å²) in [6.07, 6.45) is 62.5. The summed E-state index contributed by atoms with van der Waals surface area (Å²) in [5, 5.41) is 0. The van der Waals surface area contributed by atoms with Gasteiger partial charge in [0.2, 0.25) is 0 Å². The molecule has 0 bridgehead atoms. The lowest BCUT2D eigenvalue weighted by Gasteiger charge is -2.18. The largest absolute Gasteiger partial charge is 0.462 e. The van der Waals surface area contributed by atoms with E-state index in [1.165, 1.54) is 25.7 Å². The Morgan fingerprint density at radius 2 is 0.650 bits per heavy atom. The van der Waals surface area contributed by atoms with Crippen LogP contribution in [0.2, 0.25) is 0 Å². The predicted octanol–water partition coefficient (Wildman–Crippen LogP) is 15.8. The van der Waals surface area contributed by atoms with E-state index in [9.17, 15) is 14.4 Å². The van der Waals surface area contributed by atoms with Gasteiger partial charge in [0.25, 0.3) is 0 Å². The zero-order valence-electron chi connectivity index (χ0n) is 38.7. The van der Waals surface area contributed by atoms with Gasteiger partial charge in [0, 0.05) is 19.3 Å². The number of unbranched alkanes of at least 4 members (excludes halogenated alkanes) is 15. The first-order chi connectivity index (χ1) is 29.5.